The fraction of sp³-hybridized carbons (Fsp3) is 0.350. The van der Waals surface area contributed by atoms with E-state index in [2.05, 4.69) is 30.0 Å². The van der Waals surface area contributed by atoms with E-state index in [1.807, 2.05) is 0 Å². The van der Waals surface area contributed by atoms with Crippen molar-refractivity contribution in [3.05, 3.63) is 36.4 Å². The molecule has 1 aromatic heterocycles. The van der Waals surface area contributed by atoms with Crippen LogP contribution in [0, 0.1) is 0 Å². The van der Waals surface area contributed by atoms with E-state index >= 15 is 0 Å². The van der Waals surface area contributed by atoms with Crippen molar-refractivity contribution in [2.45, 2.75) is 25.3 Å². The van der Waals surface area contributed by atoms with Crippen LogP contribution in [0.25, 0.3) is 0 Å². The highest BCUT2D eigenvalue weighted by Crippen LogP contribution is 2.30. The number of aromatic nitrogens is 1. The summed E-state index contributed by atoms with van der Waals surface area (Å²) in [6.45, 7) is 0.200. The largest absolute Gasteiger partial charge is 0.510 e. The lowest BCUT2D eigenvalue weighted by atomic mass is 10.1. The van der Waals surface area contributed by atoms with E-state index in [0.717, 1.165) is 12.8 Å². The summed E-state index contributed by atoms with van der Waals surface area (Å²) in [7, 11) is 1.19. The third kappa shape index (κ3) is 7.81. The number of hydrogen-bond acceptors (Lipinski definition) is 11. The van der Waals surface area contributed by atoms with E-state index in [9.17, 15) is 9.59 Å². The summed E-state index contributed by atoms with van der Waals surface area (Å²) in [5, 5.41) is 10.8. The molecule has 1 aromatic carbocycles. The number of azo groups is 1. The normalized spacial score (nSPS) is 11.7. The first kappa shape index (κ1) is 24.5. The van der Waals surface area contributed by atoms with Crippen LogP contribution in [0.3, 0.4) is 0 Å². The average molecular weight is 445 g/mol. The molecule has 2 rings (SSSR count). The van der Waals surface area contributed by atoms with Gasteiger partial charge in [0.05, 0.1) is 13.2 Å². The molecule has 0 aliphatic carbocycles. The van der Waals surface area contributed by atoms with Gasteiger partial charge < -0.3 is 36.7 Å². The summed E-state index contributed by atoms with van der Waals surface area (Å²) in [6.07, 6.45) is 1.22. The molecule has 0 aliphatic rings. The van der Waals surface area contributed by atoms with Crippen molar-refractivity contribution in [2.24, 2.45) is 21.7 Å². The van der Waals surface area contributed by atoms with Gasteiger partial charge in [-0.15, -0.1) is 10.2 Å². The van der Waals surface area contributed by atoms with Gasteiger partial charge in [-0.05, 0) is 43.7 Å². The minimum atomic E-state index is -0.869. The number of carbonyl (C=O) groups is 2. The molecule has 0 radical (unpaired) electrons. The van der Waals surface area contributed by atoms with Crippen molar-refractivity contribution in [3.63, 3.8) is 0 Å². The molecule has 12 heteroatoms. The number of benzene rings is 1. The predicted molar refractivity (Wildman–Crippen MR) is 118 cm³/mol. The highest BCUT2D eigenvalue weighted by molar-refractivity contribution is 5.94. The predicted octanol–water partition coefficient (Wildman–Crippen LogP) is 2.59. The second kappa shape index (κ2) is 12.8. The topological polar surface area (TPSA) is 190 Å². The number of nitrogens with one attached hydrogen (secondary N) is 1. The second-order valence-corrected chi connectivity index (χ2v) is 6.51. The summed E-state index contributed by atoms with van der Waals surface area (Å²) in [6, 6.07) is 9.18. The zero-order chi connectivity index (χ0) is 23.3. The van der Waals surface area contributed by atoms with Crippen LogP contribution in [0.2, 0.25) is 0 Å². The monoisotopic (exact) mass is 445 g/mol. The number of carbonyl (C=O) groups excluding carboxylic acids is 2. The first-order valence-electron chi connectivity index (χ1n) is 9.82. The van der Waals surface area contributed by atoms with Crippen molar-refractivity contribution >= 4 is 35.1 Å². The minimum absolute atomic E-state index is 0.0654. The molecule has 32 heavy (non-hydrogen) atoms. The van der Waals surface area contributed by atoms with Gasteiger partial charge in [0.25, 0.3) is 0 Å². The molecule has 12 nitrogen and oxygen atoms in total. The molecule has 1 atom stereocenters. The molecular weight excluding hydrogens is 418 g/mol. The Balaban J connectivity index is 2.01. The minimum Gasteiger partial charge on any atom is -0.455 e. The lowest BCUT2D eigenvalue weighted by Gasteiger charge is -2.12. The van der Waals surface area contributed by atoms with Crippen LogP contribution in [0.4, 0.5) is 27.8 Å². The number of pyridine rings is 1. The van der Waals surface area contributed by atoms with E-state index in [1.54, 1.807) is 36.4 Å². The number of nitrogens with two attached hydrogens (primary N) is 3. The molecule has 0 spiro atoms. The van der Waals surface area contributed by atoms with Crippen molar-refractivity contribution in [1.29, 1.82) is 0 Å². The van der Waals surface area contributed by atoms with Gasteiger partial charge in [-0.2, -0.15) is 0 Å². The lowest BCUT2D eigenvalue weighted by Crippen LogP contribution is -2.35. The Kier molecular flexibility index (Phi) is 9.81. The summed E-state index contributed by atoms with van der Waals surface area (Å²) >= 11 is 0. The Morgan fingerprint density at radius 2 is 1.88 bits per heavy atom. The van der Waals surface area contributed by atoms with Crippen LogP contribution in [0.5, 0.6) is 5.75 Å². The zero-order valence-corrected chi connectivity index (χ0v) is 17.7. The molecule has 0 bridgehead atoms. The highest BCUT2D eigenvalue weighted by Gasteiger charge is 2.14. The standard InChI is InChI=1S/C20H27N7O5/c1-30-20(29)32-12-31-16-8-3-2-7-14(16)26-27-15-9-10-17(24-18(15)23)25-19(28)13(22)6-4-5-11-21/h2-3,7-10,13H,4-6,11-12,21-22H2,1H3,(H3,23,24,25,28)/t13-/m0/s1. The van der Waals surface area contributed by atoms with Crippen molar-refractivity contribution in [3.8, 4) is 5.75 Å². The molecule has 1 heterocycles. The van der Waals surface area contributed by atoms with Crippen molar-refractivity contribution < 1.29 is 23.8 Å². The number of rotatable bonds is 11. The van der Waals surface area contributed by atoms with Gasteiger partial charge in [0.1, 0.15) is 17.2 Å². The van der Waals surface area contributed by atoms with Gasteiger partial charge >= 0.3 is 6.16 Å². The number of amides is 1. The number of nitrogens with zero attached hydrogens (tertiary/aromatic N) is 3. The Morgan fingerprint density at radius 3 is 2.59 bits per heavy atom. The Hall–Kier alpha value is -3.77. The third-order valence-corrected chi connectivity index (χ3v) is 4.15. The number of anilines is 2. The van der Waals surface area contributed by atoms with Gasteiger partial charge in [-0.3, -0.25) is 4.79 Å². The maximum Gasteiger partial charge on any atom is 0.510 e. The summed E-state index contributed by atoms with van der Waals surface area (Å²) in [4.78, 5) is 27.3. The number of hydrogen-bond donors (Lipinski definition) is 4. The molecular formula is C20H27N7O5. The maximum atomic E-state index is 12.2. The number of ether oxygens (including phenoxy) is 3. The van der Waals surface area contributed by atoms with E-state index in [-0.39, 0.29) is 30.0 Å². The van der Waals surface area contributed by atoms with E-state index < -0.39 is 12.2 Å². The first-order valence-corrected chi connectivity index (χ1v) is 9.82. The quantitative estimate of drug-likeness (QED) is 0.174. The second-order valence-electron chi connectivity index (χ2n) is 6.51. The van der Waals surface area contributed by atoms with Gasteiger partial charge in [0, 0.05) is 0 Å². The molecule has 2 aromatic rings. The number of methoxy groups -OCH3 is 1. The number of unbranched alkanes of at least 4 members (excludes halogenated alkanes) is 1. The summed E-state index contributed by atoms with van der Waals surface area (Å²) < 4.78 is 14.4. The Labute approximate surface area is 185 Å². The molecule has 0 fully saturated rings. The molecule has 7 N–H and O–H groups in total. The highest BCUT2D eigenvalue weighted by atomic mass is 16.8. The molecule has 172 valence electrons. The molecule has 0 saturated heterocycles. The molecule has 0 unspecified atom stereocenters. The van der Waals surface area contributed by atoms with E-state index in [1.165, 1.54) is 7.11 Å². The van der Waals surface area contributed by atoms with Crippen LogP contribution in [-0.2, 0) is 14.3 Å². The number of para-hydroxylation sites is 1. The van der Waals surface area contributed by atoms with Crippen LogP contribution >= 0.6 is 0 Å². The van der Waals surface area contributed by atoms with Crippen LogP contribution in [0.15, 0.2) is 46.6 Å². The van der Waals surface area contributed by atoms with Crippen molar-refractivity contribution in [2.75, 3.05) is 31.5 Å². The molecule has 1 amide bonds. The van der Waals surface area contributed by atoms with Crippen LogP contribution < -0.4 is 27.3 Å². The fourth-order valence-corrected chi connectivity index (χ4v) is 2.45. The summed E-state index contributed by atoms with van der Waals surface area (Å²) in [5.41, 5.74) is 17.9. The van der Waals surface area contributed by atoms with Crippen LogP contribution in [-0.4, -0.2) is 43.5 Å². The van der Waals surface area contributed by atoms with Gasteiger partial charge in [-0.25, -0.2) is 9.78 Å². The smallest absolute Gasteiger partial charge is 0.455 e. The lowest BCUT2D eigenvalue weighted by molar-refractivity contribution is -0.117. The van der Waals surface area contributed by atoms with Crippen LogP contribution in [0.1, 0.15) is 19.3 Å². The maximum absolute atomic E-state index is 12.2. The number of nitrogen functional groups attached to an aromatic ring is 1. The zero-order valence-electron chi connectivity index (χ0n) is 17.7. The van der Waals surface area contributed by atoms with Gasteiger partial charge in [0.15, 0.2) is 11.6 Å². The molecule has 0 saturated carbocycles. The molecule has 0 aliphatic heterocycles. The summed E-state index contributed by atoms with van der Waals surface area (Å²) in [5.74, 6) is 0.294. The first-order chi connectivity index (χ1) is 15.4. The SMILES string of the molecule is COC(=O)OCOc1ccccc1N=Nc1ccc(NC(=O)[C@@H](N)CCCCN)nc1N. The third-order valence-electron chi connectivity index (χ3n) is 4.15. The van der Waals surface area contributed by atoms with E-state index in [0.29, 0.717) is 24.4 Å². The Bertz CT molecular complexity index is 938. The fourth-order valence-electron chi connectivity index (χ4n) is 2.45. The van der Waals surface area contributed by atoms with Gasteiger partial charge in [0.2, 0.25) is 12.7 Å². The van der Waals surface area contributed by atoms with Gasteiger partial charge in [-0.1, -0.05) is 18.6 Å². The van der Waals surface area contributed by atoms with Crippen molar-refractivity contribution in [1.82, 2.24) is 4.98 Å². The van der Waals surface area contributed by atoms with E-state index in [4.69, 9.17) is 21.9 Å². The Morgan fingerprint density at radius 1 is 1.12 bits per heavy atom. The average Bonchev–Trinajstić information content (AvgIpc) is 2.79.